The number of morpholine rings is 1. The Morgan fingerprint density at radius 2 is 2.09 bits per heavy atom. The lowest BCUT2D eigenvalue weighted by molar-refractivity contribution is -0.0970. The highest BCUT2D eigenvalue weighted by molar-refractivity contribution is 6.09. The highest BCUT2D eigenvalue weighted by Crippen LogP contribution is 2.40. The maximum atomic E-state index is 13.2. The lowest BCUT2D eigenvalue weighted by Crippen LogP contribution is -2.37. The van der Waals surface area contributed by atoms with Crippen LogP contribution >= 0.6 is 0 Å². The minimum atomic E-state index is -0.794. The normalized spacial score (nSPS) is 17.5. The molecule has 0 aliphatic carbocycles. The molecule has 2 aromatic heterocycles. The Morgan fingerprint density at radius 1 is 1.29 bits per heavy atom. The molecule has 10 nitrogen and oxygen atoms in total. The first kappa shape index (κ1) is 22.6. The number of anilines is 2. The summed E-state index contributed by atoms with van der Waals surface area (Å²) in [4.78, 5) is 25.9. The zero-order valence-electron chi connectivity index (χ0n) is 19.7. The van der Waals surface area contributed by atoms with Gasteiger partial charge in [0.1, 0.15) is 5.56 Å². The van der Waals surface area contributed by atoms with Crippen LogP contribution in [0.1, 0.15) is 43.1 Å². The summed E-state index contributed by atoms with van der Waals surface area (Å²) in [5.74, 6) is 0.495. The van der Waals surface area contributed by atoms with Crippen molar-refractivity contribution in [1.82, 2.24) is 19.7 Å². The van der Waals surface area contributed by atoms with Crippen molar-refractivity contribution in [1.29, 1.82) is 0 Å². The average Bonchev–Trinajstić information content (AvgIpc) is 3.42. The quantitative estimate of drug-likeness (QED) is 0.571. The van der Waals surface area contributed by atoms with Crippen LogP contribution in [0.5, 0.6) is 5.75 Å². The van der Waals surface area contributed by atoms with Crippen LogP contribution in [0.25, 0.3) is 5.65 Å². The molecule has 2 aliphatic rings. The third kappa shape index (κ3) is 4.56. The smallest absolute Gasteiger partial charge is 0.261 e. The zero-order chi connectivity index (χ0) is 23.9. The van der Waals surface area contributed by atoms with Crippen LogP contribution in [0.15, 0.2) is 36.8 Å². The van der Waals surface area contributed by atoms with Crippen LogP contribution in [0, 0.1) is 0 Å². The fraction of sp³-hybridized carbons (Fsp3) is 0.458. The maximum absolute atomic E-state index is 13.2. The zero-order valence-corrected chi connectivity index (χ0v) is 19.7. The number of ether oxygens (including phenoxy) is 1. The number of aromatic nitrogens is 3. The highest BCUT2D eigenvalue weighted by atomic mass is 16.7. The summed E-state index contributed by atoms with van der Waals surface area (Å²) in [7, 11) is 0. The Balaban J connectivity index is 1.44. The van der Waals surface area contributed by atoms with Crippen molar-refractivity contribution >= 4 is 22.9 Å². The minimum absolute atomic E-state index is 0.0159. The molecule has 2 aliphatic heterocycles. The topological polar surface area (TPSA) is 104 Å². The molecule has 180 valence electrons. The molecule has 34 heavy (non-hydrogen) atoms. The average molecular weight is 467 g/mol. The van der Waals surface area contributed by atoms with E-state index < -0.39 is 5.60 Å². The van der Waals surface area contributed by atoms with Gasteiger partial charge in [-0.2, -0.15) is 5.10 Å². The number of hydrogen-bond donors (Lipinski definition) is 2. The lowest BCUT2D eigenvalue weighted by atomic mass is 10.00. The summed E-state index contributed by atoms with van der Waals surface area (Å²) >= 11 is 0. The van der Waals surface area contributed by atoms with Crippen LogP contribution in [0.4, 0.5) is 11.4 Å². The van der Waals surface area contributed by atoms with Gasteiger partial charge < -0.3 is 24.9 Å². The van der Waals surface area contributed by atoms with E-state index in [9.17, 15) is 9.90 Å². The number of nitrogens with zero attached hydrogens (tertiary/aromatic N) is 5. The molecule has 1 fully saturated rings. The van der Waals surface area contributed by atoms with E-state index in [-0.39, 0.29) is 11.9 Å². The van der Waals surface area contributed by atoms with Gasteiger partial charge in [-0.25, -0.2) is 9.50 Å². The number of amides is 1. The first-order valence-electron chi connectivity index (χ1n) is 11.5. The molecular formula is C24H30N6O4. The first-order valence-corrected chi connectivity index (χ1v) is 11.5. The second kappa shape index (κ2) is 8.86. The Labute approximate surface area is 198 Å². The number of aliphatic hydroxyl groups is 1. The molecule has 0 radical (unpaired) electrons. The predicted octanol–water partition coefficient (Wildman–Crippen LogP) is 2.48. The predicted molar refractivity (Wildman–Crippen MR) is 127 cm³/mol. The molecule has 1 amide bonds. The molecule has 2 N–H and O–H groups in total. The van der Waals surface area contributed by atoms with Crippen molar-refractivity contribution in [2.24, 2.45) is 0 Å². The summed E-state index contributed by atoms with van der Waals surface area (Å²) in [6.07, 6.45) is 5.50. The molecular weight excluding hydrogens is 436 g/mol. The summed E-state index contributed by atoms with van der Waals surface area (Å²) in [6.45, 7) is 8.89. The molecule has 5 rings (SSSR count). The summed E-state index contributed by atoms with van der Waals surface area (Å²) in [6, 6.07) is 5.75. The van der Waals surface area contributed by atoms with Crippen molar-refractivity contribution in [3.05, 3.63) is 47.9 Å². The third-order valence-corrected chi connectivity index (χ3v) is 6.13. The first-order chi connectivity index (χ1) is 16.3. The summed E-state index contributed by atoms with van der Waals surface area (Å²) < 4.78 is 7.10. The van der Waals surface area contributed by atoms with Crippen LogP contribution in [-0.4, -0.2) is 68.6 Å². The van der Waals surface area contributed by atoms with E-state index in [0.29, 0.717) is 43.1 Å². The van der Waals surface area contributed by atoms with Crippen LogP contribution in [0.2, 0.25) is 0 Å². The molecule has 10 heteroatoms. The van der Waals surface area contributed by atoms with Crippen LogP contribution < -0.4 is 15.1 Å². The van der Waals surface area contributed by atoms with Crippen molar-refractivity contribution < 1.29 is 19.5 Å². The fourth-order valence-electron chi connectivity index (χ4n) is 4.56. The van der Waals surface area contributed by atoms with Gasteiger partial charge in [0.2, 0.25) is 0 Å². The minimum Gasteiger partial charge on any atom is -0.405 e. The molecule has 3 aromatic rings. The molecule has 4 heterocycles. The van der Waals surface area contributed by atoms with Gasteiger partial charge >= 0.3 is 0 Å². The molecule has 0 saturated carbocycles. The van der Waals surface area contributed by atoms with Gasteiger partial charge in [-0.3, -0.25) is 4.79 Å². The number of carbonyl (C=O) groups excluding carboxylic acids is 1. The molecule has 1 aromatic carbocycles. The molecule has 1 saturated heterocycles. The van der Waals surface area contributed by atoms with Crippen molar-refractivity contribution in [2.75, 3.05) is 36.5 Å². The number of hydrogen-bond acceptors (Lipinski definition) is 8. The van der Waals surface area contributed by atoms with E-state index >= 15 is 0 Å². The van der Waals surface area contributed by atoms with E-state index in [1.165, 1.54) is 6.20 Å². The van der Waals surface area contributed by atoms with E-state index in [0.717, 1.165) is 30.1 Å². The Morgan fingerprint density at radius 3 is 2.85 bits per heavy atom. The molecule has 0 bridgehead atoms. The molecule has 0 spiro atoms. The van der Waals surface area contributed by atoms with Gasteiger partial charge in [0, 0.05) is 43.2 Å². The highest BCUT2D eigenvalue weighted by Gasteiger charge is 2.31. The fourth-order valence-corrected chi connectivity index (χ4v) is 4.56. The Bertz CT molecular complexity index is 1200. The monoisotopic (exact) mass is 466 g/mol. The SMILES string of the molecule is C[C@@H](CC(C)(C)O)N1Cc2cc(NC(=O)c3cnn4cccnc34)c(N3CCOCC3)cc2O1. The van der Waals surface area contributed by atoms with Gasteiger partial charge in [-0.1, -0.05) is 0 Å². The number of benzene rings is 1. The van der Waals surface area contributed by atoms with Crippen LogP contribution in [-0.2, 0) is 11.3 Å². The van der Waals surface area contributed by atoms with Gasteiger partial charge in [0.25, 0.3) is 5.91 Å². The Hall–Kier alpha value is -3.21. The number of fused-ring (bicyclic) bond motifs is 2. The van der Waals surface area contributed by atoms with E-state index in [4.69, 9.17) is 9.57 Å². The van der Waals surface area contributed by atoms with Gasteiger partial charge in [-0.15, -0.1) is 5.06 Å². The molecule has 1 atom stereocenters. The van der Waals surface area contributed by atoms with E-state index in [1.54, 1.807) is 36.8 Å². The van der Waals surface area contributed by atoms with E-state index in [1.807, 2.05) is 24.1 Å². The number of carbonyl (C=O) groups is 1. The maximum Gasteiger partial charge on any atom is 0.261 e. The van der Waals surface area contributed by atoms with Gasteiger partial charge in [-0.05, 0) is 39.3 Å². The number of nitrogens with one attached hydrogen (secondary N) is 1. The second-order valence-electron chi connectivity index (χ2n) is 9.51. The standard InChI is InChI=1S/C24H30N6O4/c1-16(13-24(2,3)32)30-15-17-11-19(20(12-21(17)34-30)28-7-9-33-10-8-28)27-23(31)18-14-26-29-6-4-5-25-22(18)29/h4-6,11-12,14,16,32H,7-10,13,15H2,1-3H3,(H,27,31)/t16-/m0/s1. The van der Waals surface area contributed by atoms with Crippen molar-refractivity contribution in [3.63, 3.8) is 0 Å². The Kier molecular flexibility index (Phi) is 5.88. The summed E-state index contributed by atoms with van der Waals surface area (Å²) in [5, 5.41) is 19.4. The third-order valence-electron chi connectivity index (χ3n) is 6.13. The van der Waals surface area contributed by atoms with Crippen molar-refractivity contribution in [2.45, 2.75) is 45.4 Å². The summed E-state index contributed by atoms with van der Waals surface area (Å²) in [5.41, 5.74) is 2.69. The number of rotatable bonds is 6. The molecule has 0 unspecified atom stereocenters. The lowest BCUT2D eigenvalue weighted by Gasteiger charge is -2.31. The van der Waals surface area contributed by atoms with Gasteiger partial charge in [0.05, 0.1) is 42.9 Å². The van der Waals surface area contributed by atoms with E-state index in [2.05, 4.69) is 20.3 Å². The second-order valence-corrected chi connectivity index (χ2v) is 9.51. The van der Waals surface area contributed by atoms with Gasteiger partial charge in [0.15, 0.2) is 11.4 Å². The van der Waals surface area contributed by atoms with Crippen LogP contribution in [0.3, 0.4) is 0 Å². The largest absolute Gasteiger partial charge is 0.405 e. The van der Waals surface area contributed by atoms with Crippen molar-refractivity contribution in [3.8, 4) is 5.75 Å². The number of hydroxylamine groups is 2.